The number of aromatic nitrogens is 3. The van der Waals surface area contributed by atoms with Gasteiger partial charge in [0.05, 0.1) is 5.75 Å². The van der Waals surface area contributed by atoms with E-state index in [-0.39, 0.29) is 5.91 Å². The minimum atomic E-state index is -0.0378. The van der Waals surface area contributed by atoms with E-state index in [2.05, 4.69) is 31.4 Å². The quantitative estimate of drug-likeness (QED) is 0.699. The lowest BCUT2D eigenvalue weighted by molar-refractivity contribution is -0.113. The molecule has 0 spiro atoms. The Labute approximate surface area is 161 Å². The van der Waals surface area contributed by atoms with Crippen molar-refractivity contribution >= 4 is 39.3 Å². The molecule has 2 aromatic rings. The van der Waals surface area contributed by atoms with E-state index in [9.17, 15) is 4.79 Å². The highest BCUT2D eigenvalue weighted by Crippen LogP contribution is 2.27. The Morgan fingerprint density at radius 3 is 2.68 bits per heavy atom. The molecule has 1 heterocycles. The van der Waals surface area contributed by atoms with Crippen LogP contribution in [0, 0.1) is 5.92 Å². The number of amides is 1. The smallest absolute Gasteiger partial charge is 0.234 e. The van der Waals surface area contributed by atoms with Crippen LogP contribution in [-0.4, -0.2) is 26.4 Å². The summed E-state index contributed by atoms with van der Waals surface area (Å²) in [7, 11) is 1.99. The van der Waals surface area contributed by atoms with E-state index in [1.807, 2.05) is 35.9 Å². The molecule has 134 valence electrons. The molecule has 0 saturated heterocycles. The van der Waals surface area contributed by atoms with Gasteiger partial charge in [-0.3, -0.25) is 4.79 Å². The monoisotopic (exact) mass is 422 g/mol. The highest BCUT2D eigenvalue weighted by atomic mass is 79.9. The molecule has 0 bridgehead atoms. The number of anilines is 1. The Kier molecular flexibility index (Phi) is 6.53. The van der Waals surface area contributed by atoms with Crippen LogP contribution in [0.3, 0.4) is 0 Å². The summed E-state index contributed by atoms with van der Waals surface area (Å²) < 4.78 is 3.02. The predicted octanol–water partition coefficient (Wildman–Crippen LogP) is 4.43. The fourth-order valence-electron chi connectivity index (χ4n) is 3.16. The van der Waals surface area contributed by atoms with Crippen LogP contribution in [0.1, 0.15) is 37.9 Å². The van der Waals surface area contributed by atoms with Crippen molar-refractivity contribution < 1.29 is 4.79 Å². The summed E-state index contributed by atoms with van der Waals surface area (Å²) in [6, 6.07) is 7.56. The number of carbonyl (C=O) groups is 1. The molecule has 1 aliphatic rings. The van der Waals surface area contributed by atoms with Gasteiger partial charge in [-0.15, -0.1) is 10.2 Å². The zero-order valence-corrected chi connectivity index (χ0v) is 16.8. The van der Waals surface area contributed by atoms with Gasteiger partial charge in [0.2, 0.25) is 5.91 Å². The van der Waals surface area contributed by atoms with Crippen LogP contribution in [0.15, 0.2) is 33.9 Å². The van der Waals surface area contributed by atoms with Crippen molar-refractivity contribution in [1.82, 2.24) is 14.8 Å². The van der Waals surface area contributed by atoms with E-state index in [0.717, 1.165) is 33.5 Å². The van der Waals surface area contributed by atoms with Crippen LogP contribution in [0.2, 0.25) is 0 Å². The van der Waals surface area contributed by atoms with Gasteiger partial charge in [0.25, 0.3) is 0 Å². The zero-order chi connectivity index (χ0) is 17.6. The largest absolute Gasteiger partial charge is 0.325 e. The molecular weight excluding hydrogens is 400 g/mol. The van der Waals surface area contributed by atoms with E-state index in [1.54, 1.807) is 0 Å². The summed E-state index contributed by atoms with van der Waals surface area (Å²) in [5.41, 5.74) is 0.796. The zero-order valence-electron chi connectivity index (χ0n) is 14.4. The second-order valence-electron chi connectivity index (χ2n) is 6.51. The molecule has 0 unspecified atom stereocenters. The summed E-state index contributed by atoms with van der Waals surface area (Å²) in [6.45, 7) is 0. The maximum absolute atomic E-state index is 12.1. The van der Waals surface area contributed by atoms with Crippen LogP contribution in [0.25, 0.3) is 0 Å². The standard InChI is InChI=1S/C18H23BrN4OS/c1-23-16(11-13-5-3-2-4-6-13)21-22-18(23)25-12-17(24)20-15-9-7-14(19)8-10-15/h7-10,13H,2-6,11-12H2,1H3,(H,20,24). The first-order valence-electron chi connectivity index (χ1n) is 8.68. The number of rotatable bonds is 6. The Balaban J connectivity index is 1.50. The molecule has 1 saturated carbocycles. The first-order valence-corrected chi connectivity index (χ1v) is 10.5. The van der Waals surface area contributed by atoms with Crippen LogP contribution >= 0.6 is 27.7 Å². The van der Waals surface area contributed by atoms with Crippen LogP contribution in [0.4, 0.5) is 5.69 Å². The van der Waals surface area contributed by atoms with Crippen molar-refractivity contribution in [3.8, 4) is 0 Å². The molecule has 1 N–H and O–H groups in total. The molecule has 1 aromatic carbocycles. The van der Waals surface area contributed by atoms with Gasteiger partial charge in [-0.1, -0.05) is 59.8 Å². The molecule has 0 atom stereocenters. The molecule has 1 amide bonds. The summed E-state index contributed by atoms with van der Waals surface area (Å²) in [4.78, 5) is 12.1. The summed E-state index contributed by atoms with van der Waals surface area (Å²) in [5.74, 6) is 2.05. The number of nitrogens with zero attached hydrogens (tertiary/aromatic N) is 3. The summed E-state index contributed by atoms with van der Waals surface area (Å²) in [6.07, 6.45) is 7.62. The minimum Gasteiger partial charge on any atom is -0.325 e. The van der Waals surface area contributed by atoms with Gasteiger partial charge in [0.15, 0.2) is 5.16 Å². The van der Waals surface area contributed by atoms with Crippen molar-refractivity contribution in [1.29, 1.82) is 0 Å². The summed E-state index contributed by atoms with van der Waals surface area (Å²) >= 11 is 4.81. The maximum atomic E-state index is 12.1. The van der Waals surface area contributed by atoms with Gasteiger partial charge < -0.3 is 9.88 Å². The van der Waals surface area contributed by atoms with Crippen molar-refractivity contribution in [2.24, 2.45) is 13.0 Å². The number of nitrogens with one attached hydrogen (secondary N) is 1. The van der Waals surface area contributed by atoms with Gasteiger partial charge in [-0.25, -0.2) is 0 Å². The average molecular weight is 423 g/mol. The lowest BCUT2D eigenvalue weighted by Crippen LogP contribution is -2.15. The number of hydrogen-bond acceptors (Lipinski definition) is 4. The van der Waals surface area contributed by atoms with Crippen LogP contribution in [0.5, 0.6) is 0 Å². The lowest BCUT2D eigenvalue weighted by atomic mass is 9.87. The highest BCUT2D eigenvalue weighted by Gasteiger charge is 2.18. The molecule has 1 fully saturated rings. The maximum Gasteiger partial charge on any atom is 0.234 e. The third-order valence-corrected chi connectivity index (χ3v) is 6.13. The molecule has 5 nitrogen and oxygen atoms in total. The predicted molar refractivity (Wildman–Crippen MR) is 105 cm³/mol. The van der Waals surface area contributed by atoms with Crippen molar-refractivity contribution in [2.75, 3.05) is 11.1 Å². The topological polar surface area (TPSA) is 59.8 Å². The molecule has 3 rings (SSSR count). The van der Waals surface area contributed by atoms with Crippen molar-refractivity contribution in [3.05, 3.63) is 34.6 Å². The van der Waals surface area contributed by atoms with Gasteiger partial charge >= 0.3 is 0 Å². The SMILES string of the molecule is Cn1c(CC2CCCCC2)nnc1SCC(=O)Nc1ccc(Br)cc1. The average Bonchev–Trinajstić information content (AvgIpc) is 2.96. The number of hydrogen-bond donors (Lipinski definition) is 1. The number of carbonyl (C=O) groups excluding carboxylic acids is 1. The van der Waals surface area contributed by atoms with Gasteiger partial charge in [0, 0.05) is 23.6 Å². The molecule has 25 heavy (non-hydrogen) atoms. The highest BCUT2D eigenvalue weighted by molar-refractivity contribution is 9.10. The van der Waals surface area contributed by atoms with E-state index < -0.39 is 0 Å². The fourth-order valence-corrected chi connectivity index (χ4v) is 4.15. The van der Waals surface area contributed by atoms with E-state index in [4.69, 9.17) is 0 Å². The minimum absolute atomic E-state index is 0.0378. The molecular formula is C18H23BrN4OS. The van der Waals surface area contributed by atoms with E-state index in [1.165, 1.54) is 43.9 Å². The third-order valence-electron chi connectivity index (χ3n) is 4.58. The molecule has 1 aromatic heterocycles. The molecule has 0 radical (unpaired) electrons. The number of halogens is 1. The van der Waals surface area contributed by atoms with Crippen molar-refractivity contribution in [2.45, 2.75) is 43.7 Å². The second-order valence-corrected chi connectivity index (χ2v) is 8.37. The van der Waals surface area contributed by atoms with Crippen LogP contribution < -0.4 is 5.32 Å². The number of benzene rings is 1. The number of thioether (sulfide) groups is 1. The van der Waals surface area contributed by atoms with Crippen molar-refractivity contribution in [3.63, 3.8) is 0 Å². The van der Waals surface area contributed by atoms with Gasteiger partial charge in [-0.05, 0) is 30.2 Å². The Morgan fingerprint density at radius 2 is 1.96 bits per heavy atom. The summed E-state index contributed by atoms with van der Waals surface area (Å²) in [5, 5.41) is 12.3. The lowest BCUT2D eigenvalue weighted by Gasteiger charge is -2.20. The van der Waals surface area contributed by atoms with Crippen LogP contribution in [-0.2, 0) is 18.3 Å². The van der Waals surface area contributed by atoms with E-state index in [0.29, 0.717) is 5.75 Å². The molecule has 0 aliphatic heterocycles. The molecule has 1 aliphatic carbocycles. The van der Waals surface area contributed by atoms with E-state index >= 15 is 0 Å². The Morgan fingerprint density at radius 1 is 1.24 bits per heavy atom. The fraction of sp³-hybridized carbons (Fsp3) is 0.500. The first-order chi connectivity index (χ1) is 12.1. The normalized spacial score (nSPS) is 15.3. The van der Waals surface area contributed by atoms with Gasteiger partial charge in [0.1, 0.15) is 5.82 Å². The first kappa shape index (κ1) is 18.5. The molecule has 7 heteroatoms. The Hall–Kier alpha value is -1.34. The van der Waals surface area contributed by atoms with Gasteiger partial charge in [-0.2, -0.15) is 0 Å². The third kappa shape index (κ3) is 5.31. The second kappa shape index (κ2) is 8.85. The Bertz CT molecular complexity index is 710.